The van der Waals surface area contributed by atoms with Crippen LogP contribution in [0.25, 0.3) is 0 Å². The second-order valence-corrected chi connectivity index (χ2v) is 10.5. The van der Waals surface area contributed by atoms with Crippen molar-refractivity contribution in [2.75, 3.05) is 13.1 Å². The van der Waals surface area contributed by atoms with Crippen LogP contribution in [0.5, 0.6) is 0 Å². The predicted molar refractivity (Wildman–Crippen MR) is 160 cm³/mol. The lowest BCUT2D eigenvalue weighted by atomic mass is 9.84. The van der Waals surface area contributed by atoms with Crippen molar-refractivity contribution in [1.29, 1.82) is 5.41 Å². The van der Waals surface area contributed by atoms with Crippen LogP contribution in [-0.4, -0.2) is 93.3 Å². The Morgan fingerprint density at radius 3 is 1.88 bits per heavy atom. The number of carbonyl (C=O) groups excluding carboxylic acids is 2. The highest BCUT2D eigenvalue weighted by Crippen LogP contribution is 2.32. The number of rotatable bonds is 10. The first kappa shape index (κ1) is 41.8. The number of hydrogen-bond acceptors (Lipinski definition) is 7. The standard InChI is InChI=1S/C26H33N5O4.2C2HF3O2/c1-17(25(34)29-16-18-7-9-20(10-8-18)24(27)28)30-26(35)22-15-21(19-5-3-2-4-6-19)11-13-31(22)14-12-23(32)33;2*3-2(4,5)1(6)7/h2-10,17,21-22H,11-16H2,1H3,(H3,27,28)(H,29,34)(H,30,35)(H,32,33);2*(H,6,7)/t17?,21-,22+;;/m0../s1. The first-order valence-electron chi connectivity index (χ1n) is 14.3. The van der Waals surface area contributed by atoms with E-state index in [2.05, 4.69) is 10.6 Å². The minimum absolute atomic E-state index is 0.0217. The number of nitrogens with zero attached hydrogens (tertiary/aromatic N) is 1. The third kappa shape index (κ3) is 15.5. The van der Waals surface area contributed by atoms with E-state index >= 15 is 0 Å². The number of piperidine rings is 1. The highest BCUT2D eigenvalue weighted by molar-refractivity contribution is 5.95. The first-order valence-corrected chi connectivity index (χ1v) is 14.3. The smallest absolute Gasteiger partial charge is 0.481 e. The molecule has 1 aliphatic rings. The Kier molecular flexibility index (Phi) is 16.2. The van der Waals surface area contributed by atoms with Gasteiger partial charge in [0.1, 0.15) is 11.9 Å². The fourth-order valence-corrected chi connectivity index (χ4v) is 4.34. The van der Waals surface area contributed by atoms with E-state index in [1.807, 2.05) is 35.2 Å². The monoisotopic (exact) mass is 707 g/mol. The van der Waals surface area contributed by atoms with Crippen LogP contribution in [0.15, 0.2) is 54.6 Å². The molecule has 1 fully saturated rings. The number of carbonyl (C=O) groups is 5. The lowest BCUT2D eigenvalue weighted by Crippen LogP contribution is -2.55. The van der Waals surface area contributed by atoms with E-state index < -0.39 is 42.3 Å². The summed E-state index contributed by atoms with van der Waals surface area (Å²) in [5, 5.41) is 36.4. The van der Waals surface area contributed by atoms with E-state index in [0.29, 0.717) is 18.5 Å². The number of alkyl halides is 6. The topological polar surface area (TPSA) is 223 Å². The lowest BCUT2D eigenvalue weighted by molar-refractivity contribution is -0.193. The fraction of sp³-hybridized carbons (Fsp3) is 0.400. The summed E-state index contributed by atoms with van der Waals surface area (Å²) >= 11 is 0. The molecular formula is C30H35F6N5O8. The molecule has 49 heavy (non-hydrogen) atoms. The van der Waals surface area contributed by atoms with Crippen molar-refractivity contribution < 1.29 is 65.6 Å². The van der Waals surface area contributed by atoms with Crippen molar-refractivity contribution in [2.24, 2.45) is 5.73 Å². The second-order valence-electron chi connectivity index (χ2n) is 10.5. The van der Waals surface area contributed by atoms with Crippen LogP contribution in [0.2, 0.25) is 0 Å². The van der Waals surface area contributed by atoms with Gasteiger partial charge in [-0.1, -0.05) is 54.6 Å². The maximum absolute atomic E-state index is 13.2. The van der Waals surface area contributed by atoms with Gasteiger partial charge in [-0.2, -0.15) is 26.3 Å². The number of carboxylic acid groups (broad SMARTS) is 3. The van der Waals surface area contributed by atoms with Gasteiger partial charge < -0.3 is 31.7 Å². The van der Waals surface area contributed by atoms with E-state index in [1.54, 1.807) is 31.2 Å². The van der Waals surface area contributed by atoms with E-state index in [1.165, 1.54) is 0 Å². The maximum atomic E-state index is 13.2. The zero-order valence-corrected chi connectivity index (χ0v) is 25.8. The van der Waals surface area contributed by atoms with E-state index in [4.69, 9.17) is 36.1 Å². The van der Waals surface area contributed by atoms with Crippen LogP contribution in [0, 0.1) is 5.41 Å². The molecule has 2 aromatic rings. The number of nitrogens with two attached hydrogens (primary N) is 1. The molecule has 1 unspecified atom stereocenters. The van der Waals surface area contributed by atoms with Crippen molar-refractivity contribution in [2.45, 2.75) is 63.1 Å². The van der Waals surface area contributed by atoms with Gasteiger partial charge in [-0.3, -0.25) is 24.7 Å². The predicted octanol–water partition coefficient (Wildman–Crippen LogP) is 3.08. The summed E-state index contributed by atoms with van der Waals surface area (Å²) < 4.78 is 63.5. The molecular weight excluding hydrogens is 672 g/mol. The highest BCUT2D eigenvalue weighted by Gasteiger charge is 2.39. The average molecular weight is 708 g/mol. The zero-order chi connectivity index (χ0) is 37.5. The van der Waals surface area contributed by atoms with Crippen molar-refractivity contribution in [3.63, 3.8) is 0 Å². The summed E-state index contributed by atoms with van der Waals surface area (Å²) in [6, 6.07) is 15.7. The Morgan fingerprint density at radius 2 is 1.43 bits per heavy atom. The van der Waals surface area contributed by atoms with E-state index in [-0.39, 0.29) is 43.1 Å². The van der Waals surface area contributed by atoms with Crippen LogP contribution in [0.3, 0.4) is 0 Å². The van der Waals surface area contributed by atoms with Crippen LogP contribution in [0.1, 0.15) is 48.8 Å². The van der Waals surface area contributed by atoms with Gasteiger partial charge in [0.15, 0.2) is 0 Å². The number of aliphatic carboxylic acids is 3. The van der Waals surface area contributed by atoms with Gasteiger partial charge in [0.05, 0.1) is 12.5 Å². The Balaban J connectivity index is 0.000000717. The zero-order valence-electron chi connectivity index (χ0n) is 25.8. The molecule has 0 aliphatic carbocycles. The number of amidine groups is 1. The van der Waals surface area contributed by atoms with E-state index in [9.17, 15) is 40.7 Å². The fourth-order valence-electron chi connectivity index (χ4n) is 4.34. The third-order valence-electron chi connectivity index (χ3n) is 6.87. The molecule has 8 N–H and O–H groups in total. The number of nitrogens with one attached hydrogen (secondary N) is 3. The third-order valence-corrected chi connectivity index (χ3v) is 6.87. The maximum Gasteiger partial charge on any atom is 0.490 e. The van der Waals surface area contributed by atoms with Gasteiger partial charge in [0.2, 0.25) is 11.8 Å². The SMILES string of the molecule is CC(NC(=O)[C@H]1C[C@@H](c2ccccc2)CCN1CCC(=O)O)C(=O)NCc1ccc(C(=N)N)cc1.O=C(O)C(F)(F)F.O=C(O)C(F)(F)F. The molecule has 0 aromatic heterocycles. The molecule has 0 bridgehead atoms. The molecule has 1 heterocycles. The normalized spacial score (nSPS) is 16.7. The number of likely N-dealkylation sites (tertiary alicyclic amines) is 1. The number of carboxylic acids is 3. The van der Waals surface area contributed by atoms with Gasteiger partial charge in [-0.15, -0.1) is 0 Å². The highest BCUT2D eigenvalue weighted by atomic mass is 19.4. The molecule has 1 saturated heterocycles. The van der Waals surface area contributed by atoms with Crippen LogP contribution < -0.4 is 16.4 Å². The van der Waals surface area contributed by atoms with Crippen LogP contribution >= 0.6 is 0 Å². The molecule has 2 aromatic carbocycles. The number of nitrogen functional groups attached to an aromatic ring is 1. The number of halogens is 6. The van der Waals surface area contributed by atoms with Crippen LogP contribution in [-0.2, 0) is 30.5 Å². The van der Waals surface area contributed by atoms with Crippen molar-refractivity contribution in [3.8, 4) is 0 Å². The largest absolute Gasteiger partial charge is 0.490 e. The van der Waals surface area contributed by atoms with Gasteiger partial charge in [0.25, 0.3) is 0 Å². The summed E-state index contributed by atoms with van der Waals surface area (Å²) in [4.78, 5) is 56.6. The Bertz CT molecular complexity index is 1420. The van der Waals surface area contributed by atoms with Gasteiger partial charge >= 0.3 is 30.3 Å². The Morgan fingerprint density at radius 1 is 0.918 bits per heavy atom. The molecule has 270 valence electrons. The molecule has 0 saturated carbocycles. The molecule has 3 rings (SSSR count). The molecule has 0 spiro atoms. The van der Waals surface area contributed by atoms with Crippen molar-refractivity contribution in [1.82, 2.24) is 15.5 Å². The quantitative estimate of drug-likeness (QED) is 0.109. The second kappa shape index (κ2) is 19.0. The number of amides is 2. The molecule has 0 radical (unpaired) electrons. The van der Waals surface area contributed by atoms with Crippen molar-refractivity contribution in [3.05, 3.63) is 71.3 Å². The molecule has 19 heteroatoms. The summed E-state index contributed by atoms with van der Waals surface area (Å²) in [5.74, 6) is -6.84. The molecule has 1 aliphatic heterocycles. The van der Waals surface area contributed by atoms with E-state index in [0.717, 1.165) is 17.5 Å². The summed E-state index contributed by atoms with van der Waals surface area (Å²) in [7, 11) is 0. The average Bonchev–Trinajstić information content (AvgIpc) is 3.02. The minimum atomic E-state index is -5.08. The lowest BCUT2D eigenvalue weighted by Gasteiger charge is -2.39. The molecule has 13 nitrogen and oxygen atoms in total. The van der Waals surface area contributed by atoms with Crippen LogP contribution in [0.4, 0.5) is 26.3 Å². The summed E-state index contributed by atoms with van der Waals surface area (Å²) in [6.45, 7) is 2.81. The summed E-state index contributed by atoms with van der Waals surface area (Å²) in [5.41, 5.74) is 8.07. The first-order chi connectivity index (χ1) is 22.6. The summed E-state index contributed by atoms with van der Waals surface area (Å²) in [6.07, 6.45) is -8.81. The van der Waals surface area contributed by atoms with Gasteiger partial charge in [0, 0.05) is 18.7 Å². The number of benzene rings is 2. The Hall–Kier alpha value is -5.20. The van der Waals surface area contributed by atoms with Gasteiger partial charge in [-0.25, -0.2) is 9.59 Å². The number of hydrogen-bond donors (Lipinski definition) is 7. The molecule has 3 atom stereocenters. The van der Waals surface area contributed by atoms with Gasteiger partial charge in [-0.05, 0) is 43.4 Å². The Labute approximate surface area is 275 Å². The minimum Gasteiger partial charge on any atom is -0.481 e. The molecule has 2 amide bonds. The van der Waals surface area contributed by atoms with Crippen molar-refractivity contribution >= 4 is 35.6 Å².